The number of piperazine rings is 1. The molecule has 1 aliphatic rings. The van der Waals surface area contributed by atoms with Crippen molar-refractivity contribution in [3.63, 3.8) is 0 Å². The predicted octanol–water partition coefficient (Wildman–Crippen LogP) is 2.72. The number of hydrogen-bond donors (Lipinski definition) is 1. The van der Waals surface area contributed by atoms with E-state index in [1.54, 1.807) is 11.8 Å². The van der Waals surface area contributed by atoms with E-state index in [4.69, 9.17) is 0 Å². The summed E-state index contributed by atoms with van der Waals surface area (Å²) in [4.78, 5) is 25.8. The lowest BCUT2D eigenvalue weighted by Crippen LogP contribution is -2.62. The molecule has 1 N–H and O–H groups in total. The van der Waals surface area contributed by atoms with Gasteiger partial charge in [-0.15, -0.1) is 0 Å². The third-order valence-electron chi connectivity index (χ3n) is 4.01. The van der Waals surface area contributed by atoms with Crippen LogP contribution in [0.15, 0.2) is 0 Å². The number of nitrogens with zero attached hydrogens (tertiary/aromatic N) is 1. The van der Waals surface area contributed by atoms with Gasteiger partial charge in [0.05, 0.1) is 0 Å². The Kier molecular flexibility index (Phi) is 7.03. The highest BCUT2D eigenvalue weighted by molar-refractivity contribution is 5.96. The van der Waals surface area contributed by atoms with Crippen molar-refractivity contribution in [2.24, 2.45) is 5.92 Å². The standard InChI is InChI=1S/C16H30N2O2/c1-5-14-15(19)17-13(4)16(20)18(14)11-9-7-6-8-10-12(2)3/h12-14H,5-11H2,1-4H3,(H,17,19). The molecule has 0 radical (unpaired) electrons. The van der Waals surface area contributed by atoms with Crippen LogP contribution in [-0.2, 0) is 9.59 Å². The molecule has 2 unspecified atom stereocenters. The fraction of sp³-hybridized carbons (Fsp3) is 0.875. The van der Waals surface area contributed by atoms with Gasteiger partial charge >= 0.3 is 0 Å². The van der Waals surface area contributed by atoms with E-state index in [1.165, 1.54) is 19.3 Å². The van der Waals surface area contributed by atoms with Crippen LogP contribution in [0.3, 0.4) is 0 Å². The lowest BCUT2D eigenvalue weighted by atomic mass is 10.0. The van der Waals surface area contributed by atoms with E-state index in [0.717, 1.165) is 25.3 Å². The summed E-state index contributed by atoms with van der Waals surface area (Å²) in [6.07, 6.45) is 6.60. The zero-order chi connectivity index (χ0) is 15.1. The summed E-state index contributed by atoms with van der Waals surface area (Å²) in [7, 11) is 0. The van der Waals surface area contributed by atoms with Gasteiger partial charge in [-0.25, -0.2) is 0 Å². The zero-order valence-electron chi connectivity index (χ0n) is 13.4. The minimum Gasteiger partial charge on any atom is -0.343 e. The fourth-order valence-electron chi connectivity index (χ4n) is 2.78. The number of unbranched alkanes of at least 4 members (excludes halogenated alkanes) is 3. The van der Waals surface area contributed by atoms with Gasteiger partial charge in [0.15, 0.2) is 0 Å². The quantitative estimate of drug-likeness (QED) is 0.696. The van der Waals surface area contributed by atoms with Gasteiger partial charge in [0.25, 0.3) is 0 Å². The second-order valence-corrected chi connectivity index (χ2v) is 6.28. The van der Waals surface area contributed by atoms with Crippen molar-refractivity contribution in [3.8, 4) is 0 Å². The minimum atomic E-state index is -0.369. The highest BCUT2D eigenvalue weighted by Gasteiger charge is 2.36. The van der Waals surface area contributed by atoms with Gasteiger partial charge in [-0.1, -0.05) is 46.5 Å². The first-order valence-corrected chi connectivity index (χ1v) is 8.08. The minimum absolute atomic E-state index is 0.000548. The van der Waals surface area contributed by atoms with Crippen molar-refractivity contribution in [2.45, 2.75) is 78.3 Å². The molecule has 4 heteroatoms. The summed E-state index contributed by atoms with van der Waals surface area (Å²) in [5, 5.41) is 2.75. The Morgan fingerprint density at radius 3 is 2.40 bits per heavy atom. The summed E-state index contributed by atoms with van der Waals surface area (Å²) < 4.78 is 0. The maximum atomic E-state index is 12.2. The molecular formula is C16H30N2O2. The second kappa shape index (κ2) is 8.28. The van der Waals surface area contributed by atoms with Crippen molar-refractivity contribution in [3.05, 3.63) is 0 Å². The van der Waals surface area contributed by atoms with Crippen LogP contribution < -0.4 is 5.32 Å². The van der Waals surface area contributed by atoms with Gasteiger partial charge < -0.3 is 10.2 Å². The van der Waals surface area contributed by atoms with Crippen LogP contribution in [0.25, 0.3) is 0 Å². The van der Waals surface area contributed by atoms with Gasteiger partial charge in [0.2, 0.25) is 11.8 Å². The van der Waals surface area contributed by atoms with Crippen molar-refractivity contribution in [2.75, 3.05) is 6.54 Å². The first-order valence-electron chi connectivity index (χ1n) is 8.08. The first-order chi connectivity index (χ1) is 9.47. The number of amides is 2. The number of carbonyl (C=O) groups excluding carboxylic acids is 2. The molecule has 1 aliphatic heterocycles. The molecule has 1 fully saturated rings. The molecule has 4 nitrogen and oxygen atoms in total. The molecule has 1 saturated heterocycles. The summed E-state index contributed by atoms with van der Waals surface area (Å²) in [6, 6.07) is -0.638. The lowest BCUT2D eigenvalue weighted by molar-refractivity contribution is -0.149. The third kappa shape index (κ3) is 4.80. The van der Waals surface area contributed by atoms with Crippen LogP contribution in [0.4, 0.5) is 0 Å². The van der Waals surface area contributed by atoms with Gasteiger partial charge in [-0.05, 0) is 25.7 Å². The predicted molar refractivity (Wildman–Crippen MR) is 81.3 cm³/mol. The van der Waals surface area contributed by atoms with E-state index in [1.807, 2.05) is 6.92 Å². The van der Waals surface area contributed by atoms with Crippen molar-refractivity contribution >= 4 is 11.8 Å². The van der Waals surface area contributed by atoms with E-state index >= 15 is 0 Å². The van der Waals surface area contributed by atoms with Crippen molar-refractivity contribution < 1.29 is 9.59 Å². The van der Waals surface area contributed by atoms with Crippen LogP contribution in [0.1, 0.15) is 66.2 Å². The van der Waals surface area contributed by atoms with Gasteiger partial charge in [-0.3, -0.25) is 9.59 Å². The molecule has 20 heavy (non-hydrogen) atoms. The van der Waals surface area contributed by atoms with E-state index in [2.05, 4.69) is 19.2 Å². The van der Waals surface area contributed by atoms with Gasteiger partial charge in [0.1, 0.15) is 12.1 Å². The van der Waals surface area contributed by atoms with Crippen molar-refractivity contribution in [1.82, 2.24) is 10.2 Å². The normalized spacial score (nSPS) is 23.4. The highest BCUT2D eigenvalue weighted by atomic mass is 16.2. The third-order valence-corrected chi connectivity index (χ3v) is 4.01. The Balaban J connectivity index is 2.35. The Labute approximate surface area is 123 Å². The first kappa shape index (κ1) is 17.0. The zero-order valence-corrected chi connectivity index (χ0v) is 13.4. The van der Waals surface area contributed by atoms with Crippen LogP contribution in [0, 0.1) is 5.92 Å². The average molecular weight is 282 g/mol. The Hall–Kier alpha value is -1.06. The molecule has 2 amide bonds. The molecule has 0 aromatic heterocycles. The Bertz CT molecular complexity index is 328. The Morgan fingerprint density at radius 2 is 1.80 bits per heavy atom. The monoisotopic (exact) mass is 282 g/mol. The molecule has 1 heterocycles. The van der Waals surface area contributed by atoms with Gasteiger partial charge in [-0.2, -0.15) is 0 Å². The topological polar surface area (TPSA) is 49.4 Å². The summed E-state index contributed by atoms with van der Waals surface area (Å²) in [5.41, 5.74) is 0. The molecule has 0 spiro atoms. The van der Waals surface area contributed by atoms with E-state index < -0.39 is 0 Å². The molecule has 2 atom stereocenters. The second-order valence-electron chi connectivity index (χ2n) is 6.28. The van der Waals surface area contributed by atoms with E-state index in [9.17, 15) is 9.59 Å². The fourth-order valence-corrected chi connectivity index (χ4v) is 2.78. The van der Waals surface area contributed by atoms with Crippen LogP contribution in [0.5, 0.6) is 0 Å². The average Bonchev–Trinajstić information content (AvgIpc) is 2.38. The SMILES string of the molecule is CCC1C(=O)NC(C)C(=O)N1CCCCCCC(C)C. The molecule has 0 aliphatic carbocycles. The maximum absolute atomic E-state index is 12.2. The van der Waals surface area contributed by atoms with E-state index in [0.29, 0.717) is 6.42 Å². The summed E-state index contributed by atoms with van der Waals surface area (Å²) >= 11 is 0. The number of rotatable bonds is 8. The summed E-state index contributed by atoms with van der Waals surface area (Å²) in [6.45, 7) is 8.94. The van der Waals surface area contributed by atoms with Crippen molar-refractivity contribution in [1.29, 1.82) is 0 Å². The molecule has 116 valence electrons. The lowest BCUT2D eigenvalue weighted by Gasteiger charge is -2.37. The highest BCUT2D eigenvalue weighted by Crippen LogP contribution is 2.15. The maximum Gasteiger partial charge on any atom is 0.245 e. The van der Waals surface area contributed by atoms with Gasteiger partial charge in [0, 0.05) is 6.54 Å². The number of hydrogen-bond acceptors (Lipinski definition) is 2. The smallest absolute Gasteiger partial charge is 0.245 e. The molecule has 1 rings (SSSR count). The van der Waals surface area contributed by atoms with E-state index in [-0.39, 0.29) is 23.9 Å². The molecular weight excluding hydrogens is 252 g/mol. The summed E-state index contributed by atoms with van der Waals surface area (Å²) in [5.74, 6) is 0.839. The number of carbonyl (C=O) groups is 2. The molecule has 0 aromatic carbocycles. The largest absolute Gasteiger partial charge is 0.343 e. The van der Waals surface area contributed by atoms with Crippen LogP contribution in [0.2, 0.25) is 0 Å². The molecule has 0 saturated carbocycles. The Morgan fingerprint density at radius 1 is 1.15 bits per heavy atom. The molecule has 0 bridgehead atoms. The molecule has 0 aromatic rings. The van der Waals surface area contributed by atoms with Crippen LogP contribution >= 0.6 is 0 Å². The van der Waals surface area contributed by atoms with Crippen LogP contribution in [-0.4, -0.2) is 35.3 Å². The number of nitrogens with one attached hydrogen (secondary N) is 1.